The van der Waals surface area contributed by atoms with Gasteiger partial charge >= 0.3 is 5.97 Å². The molecule has 0 spiro atoms. The molecule has 2 aliphatic rings. The SMILES string of the molecule is C[C@@H]1CN(C(=O)C2(c3ccc(F)cc3F)CCOCC2)CC(C(=O)O)O1. The Morgan fingerprint density at radius 3 is 2.54 bits per heavy atom. The molecule has 0 bridgehead atoms. The van der Waals surface area contributed by atoms with E-state index in [1.165, 1.54) is 11.0 Å². The van der Waals surface area contributed by atoms with E-state index in [1.807, 2.05) is 0 Å². The summed E-state index contributed by atoms with van der Waals surface area (Å²) in [5.74, 6) is -3.01. The predicted octanol–water partition coefficient (Wildman–Crippen LogP) is 1.71. The van der Waals surface area contributed by atoms with Crippen LogP contribution in [0.25, 0.3) is 0 Å². The van der Waals surface area contributed by atoms with Crippen LogP contribution in [-0.2, 0) is 24.5 Å². The third kappa shape index (κ3) is 3.43. The third-order valence-corrected chi connectivity index (χ3v) is 5.03. The van der Waals surface area contributed by atoms with Gasteiger partial charge in [0.05, 0.1) is 18.1 Å². The van der Waals surface area contributed by atoms with Crippen LogP contribution < -0.4 is 0 Å². The van der Waals surface area contributed by atoms with Crippen molar-refractivity contribution < 1.29 is 33.0 Å². The normalized spacial score (nSPS) is 25.7. The highest BCUT2D eigenvalue weighted by molar-refractivity contribution is 5.89. The second kappa shape index (κ2) is 7.28. The van der Waals surface area contributed by atoms with Crippen LogP contribution in [0.1, 0.15) is 25.3 Å². The van der Waals surface area contributed by atoms with Crippen molar-refractivity contribution in [3.05, 3.63) is 35.4 Å². The Hall–Kier alpha value is -2.06. The number of carbonyl (C=O) groups excluding carboxylic acids is 1. The van der Waals surface area contributed by atoms with Crippen LogP contribution >= 0.6 is 0 Å². The lowest BCUT2D eigenvalue weighted by molar-refractivity contribution is -0.169. The van der Waals surface area contributed by atoms with Crippen molar-refractivity contribution in [1.29, 1.82) is 0 Å². The lowest BCUT2D eigenvalue weighted by atomic mass is 9.72. The first-order valence-electron chi connectivity index (χ1n) is 8.54. The number of halogens is 2. The van der Waals surface area contributed by atoms with Gasteiger partial charge in [-0.05, 0) is 25.8 Å². The molecule has 2 aliphatic heterocycles. The number of amides is 1. The molecular formula is C18H21F2NO5. The van der Waals surface area contributed by atoms with Crippen LogP contribution in [0.5, 0.6) is 0 Å². The van der Waals surface area contributed by atoms with Crippen molar-refractivity contribution >= 4 is 11.9 Å². The van der Waals surface area contributed by atoms with Crippen molar-refractivity contribution in [3.63, 3.8) is 0 Å². The predicted molar refractivity (Wildman–Crippen MR) is 86.6 cm³/mol. The summed E-state index contributed by atoms with van der Waals surface area (Å²) in [7, 11) is 0. The van der Waals surface area contributed by atoms with Crippen LogP contribution in [0.15, 0.2) is 18.2 Å². The average molecular weight is 369 g/mol. The van der Waals surface area contributed by atoms with E-state index in [2.05, 4.69) is 0 Å². The smallest absolute Gasteiger partial charge is 0.334 e. The molecule has 3 rings (SSSR count). The Labute approximate surface area is 149 Å². The molecule has 0 aromatic heterocycles. The molecule has 8 heteroatoms. The van der Waals surface area contributed by atoms with E-state index in [0.717, 1.165) is 12.1 Å². The standard InChI is InChI=1S/C18H21F2NO5/c1-11-9-21(10-15(26-11)16(22)23)17(24)18(4-6-25-7-5-18)13-3-2-12(19)8-14(13)20/h2-3,8,11,15H,4-7,9-10H2,1H3,(H,22,23)/t11-,15?/m1/s1. The fraction of sp³-hybridized carbons (Fsp3) is 0.556. The summed E-state index contributed by atoms with van der Waals surface area (Å²) in [6.07, 6.45) is -1.09. The molecule has 0 saturated carbocycles. The van der Waals surface area contributed by atoms with Gasteiger partial charge in [0, 0.05) is 31.4 Å². The zero-order chi connectivity index (χ0) is 18.9. The summed E-state index contributed by atoms with van der Waals surface area (Å²) in [4.78, 5) is 26.1. The molecule has 0 aliphatic carbocycles. The Morgan fingerprint density at radius 1 is 1.23 bits per heavy atom. The van der Waals surface area contributed by atoms with E-state index in [4.69, 9.17) is 9.47 Å². The minimum atomic E-state index is -1.20. The lowest BCUT2D eigenvalue weighted by Crippen LogP contribution is -2.58. The van der Waals surface area contributed by atoms with E-state index < -0.39 is 35.2 Å². The number of carboxylic acids is 1. The van der Waals surface area contributed by atoms with Gasteiger partial charge in [-0.15, -0.1) is 0 Å². The van der Waals surface area contributed by atoms with Crippen LogP contribution in [0, 0.1) is 11.6 Å². The number of hydrogen-bond acceptors (Lipinski definition) is 4. The summed E-state index contributed by atoms with van der Waals surface area (Å²) in [6, 6.07) is 3.19. The van der Waals surface area contributed by atoms with Gasteiger partial charge in [0.25, 0.3) is 0 Å². The summed E-state index contributed by atoms with van der Waals surface area (Å²) in [6.45, 7) is 2.33. The van der Waals surface area contributed by atoms with Gasteiger partial charge in [-0.25, -0.2) is 13.6 Å². The first-order chi connectivity index (χ1) is 12.3. The fourth-order valence-electron chi connectivity index (χ4n) is 3.75. The molecule has 26 heavy (non-hydrogen) atoms. The number of carboxylic acid groups (broad SMARTS) is 1. The second-order valence-electron chi connectivity index (χ2n) is 6.80. The summed E-state index contributed by atoms with van der Waals surface area (Å²) >= 11 is 0. The van der Waals surface area contributed by atoms with Gasteiger partial charge in [-0.1, -0.05) is 6.07 Å². The molecule has 142 valence electrons. The van der Waals surface area contributed by atoms with Crippen LogP contribution in [-0.4, -0.2) is 60.4 Å². The molecule has 1 N–H and O–H groups in total. The number of hydrogen-bond donors (Lipinski definition) is 1. The summed E-state index contributed by atoms with van der Waals surface area (Å²) in [5.41, 5.74) is -1.07. The highest BCUT2D eigenvalue weighted by Crippen LogP contribution is 2.39. The topological polar surface area (TPSA) is 76.1 Å². The van der Waals surface area contributed by atoms with Crippen molar-refractivity contribution in [1.82, 2.24) is 4.90 Å². The van der Waals surface area contributed by atoms with Crippen LogP contribution in [0.2, 0.25) is 0 Å². The summed E-state index contributed by atoms with van der Waals surface area (Å²) in [5, 5.41) is 9.24. The Kier molecular flexibility index (Phi) is 5.24. The zero-order valence-corrected chi connectivity index (χ0v) is 14.4. The van der Waals surface area contributed by atoms with Gasteiger partial charge in [0.15, 0.2) is 6.10 Å². The fourth-order valence-corrected chi connectivity index (χ4v) is 3.75. The first kappa shape index (κ1) is 18.7. The maximum absolute atomic E-state index is 14.5. The molecule has 2 heterocycles. The van der Waals surface area contributed by atoms with Gasteiger partial charge in [-0.3, -0.25) is 4.79 Å². The van der Waals surface area contributed by atoms with Gasteiger partial charge in [-0.2, -0.15) is 0 Å². The van der Waals surface area contributed by atoms with Crippen molar-refractivity contribution in [2.45, 2.75) is 37.4 Å². The van der Waals surface area contributed by atoms with Crippen molar-refractivity contribution in [3.8, 4) is 0 Å². The maximum Gasteiger partial charge on any atom is 0.334 e. The Balaban J connectivity index is 1.97. The number of morpholine rings is 1. The average Bonchev–Trinajstić information content (AvgIpc) is 2.61. The van der Waals surface area contributed by atoms with Crippen molar-refractivity contribution in [2.75, 3.05) is 26.3 Å². The monoisotopic (exact) mass is 369 g/mol. The van der Waals surface area contributed by atoms with E-state index in [1.54, 1.807) is 6.92 Å². The van der Waals surface area contributed by atoms with E-state index in [9.17, 15) is 23.5 Å². The third-order valence-electron chi connectivity index (χ3n) is 5.03. The van der Waals surface area contributed by atoms with E-state index in [-0.39, 0.29) is 50.6 Å². The van der Waals surface area contributed by atoms with E-state index >= 15 is 0 Å². The number of rotatable bonds is 3. The highest BCUT2D eigenvalue weighted by atomic mass is 19.1. The largest absolute Gasteiger partial charge is 0.479 e. The number of nitrogens with zero attached hydrogens (tertiary/aromatic N) is 1. The van der Waals surface area contributed by atoms with Crippen molar-refractivity contribution in [2.24, 2.45) is 0 Å². The molecule has 0 radical (unpaired) electrons. The second-order valence-corrected chi connectivity index (χ2v) is 6.80. The highest BCUT2D eigenvalue weighted by Gasteiger charge is 2.47. The van der Waals surface area contributed by atoms with Gasteiger partial charge in [0.1, 0.15) is 11.6 Å². The molecule has 1 amide bonds. The molecule has 1 aromatic rings. The van der Waals surface area contributed by atoms with Crippen LogP contribution in [0.4, 0.5) is 8.78 Å². The molecular weight excluding hydrogens is 348 g/mol. The minimum absolute atomic E-state index is 0.107. The van der Waals surface area contributed by atoms with Gasteiger partial charge < -0.3 is 19.5 Å². The minimum Gasteiger partial charge on any atom is -0.479 e. The molecule has 2 atom stereocenters. The quantitative estimate of drug-likeness (QED) is 0.878. The van der Waals surface area contributed by atoms with Crippen LogP contribution in [0.3, 0.4) is 0 Å². The lowest BCUT2D eigenvalue weighted by Gasteiger charge is -2.43. The molecule has 2 fully saturated rings. The molecule has 1 aromatic carbocycles. The molecule has 1 unspecified atom stereocenters. The Bertz CT molecular complexity index is 705. The first-order valence-corrected chi connectivity index (χ1v) is 8.54. The van der Waals surface area contributed by atoms with Gasteiger partial charge in [0.2, 0.25) is 5.91 Å². The van der Waals surface area contributed by atoms with E-state index in [0.29, 0.717) is 0 Å². The molecule has 6 nitrogen and oxygen atoms in total. The number of ether oxygens (including phenoxy) is 2. The number of aliphatic carboxylic acids is 1. The Morgan fingerprint density at radius 2 is 1.92 bits per heavy atom. The summed E-state index contributed by atoms with van der Waals surface area (Å²) < 4.78 is 38.6. The number of benzene rings is 1. The molecule has 2 saturated heterocycles. The number of carbonyl (C=O) groups is 2. The maximum atomic E-state index is 14.5. The zero-order valence-electron chi connectivity index (χ0n) is 14.4.